The summed E-state index contributed by atoms with van der Waals surface area (Å²) in [7, 11) is 0. The fourth-order valence-corrected chi connectivity index (χ4v) is 3.34. The Morgan fingerprint density at radius 3 is 2.76 bits per heavy atom. The van der Waals surface area contributed by atoms with E-state index in [0.29, 0.717) is 12.6 Å². The van der Waals surface area contributed by atoms with Crippen LogP contribution in [0.25, 0.3) is 0 Å². The molecule has 4 nitrogen and oxygen atoms in total. The first-order valence-corrected chi connectivity index (χ1v) is 7.85. The Labute approximate surface area is 124 Å². The van der Waals surface area contributed by atoms with Gasteiger partial charge >= 0.3 is 6.18 Å². The lowest BCUT2D eigenvalue weighted by atomic mass is 10.1. The molecule has 8 heteroatoms. The molecule has 1 heterocycles. The maximum Gasteiger partial charge on any atom is 0.416 e. The second-order valence-corrected chi connectivity index (χ2v) is 5.81. The van der Waals surface area contributed by atoms with Crippen molar-refractivity contribution in [2.24, 2.45) is 0 Å². The maximum atomic E-state index is 12.7. The largest absolute Gasteiger partial charge is 0.416 e. The van der Waals surface area contributed by atoms with Crippen LogP contribution in [0.1, 0.15) is 18.4 Å². The number of nitrogens with zero attached hydrogens (tertiary/aromatic N) is 2. The van der Waals surface area contributed by atoms with Crippen LogP contribution in [0.4, 0.5) is 24.5 Å². The summed E-state index contributed by atoms with van der Waals surface area (Å²) in [6.45, 7) is 0.636. The molecule has 21 heavy (non-hydrogen) atoms. The Hall–Kier alpha value is -1.44. The smallest absolute Gasteiger partial charge is 0.362 e. The first kappa shape index (κ1) is 15.9. The number of thioether (sulfide) groups is 1. The molecule has 1 saturated heterocycles. The van der Waals surface area contributed by atoms with E-state index in [1.165, 1.54) is 6.07 Å². The summed E-state index contributed by atoms with van der Waals surface area (Å²) in [5, 5.41) is 11.1. The molecule has 0 spiro atoms. The molecule has 0 radical (unpaired) electrons. The maximum absolute atomic E-state index is 12.7. The van der Waals surface area contributed by atoms with Crippen molar-refractivity contribution in [3.05, 3.63) is 33.9 Å². The lowest BCUT2D eigenvalue weighted by molar-refractivity contribution is -0.384. The molecule has 116 valence electrons. The second-order valence-electron chi connectivity index (χ2n) is 4.90. The summed E-state index contributed by atoms with van der Waals surface area (Å²) in [6, 6.07) is 2.90. The van der Waals surface area contributed by atoms with E-state index in [4.69, 9.17) is 0 Å². The normalized spacial score (nSPS) is 19.0. The summed E-state index contributed by atoms with van der Waals surface area (Å²) >= 11 is 1.63. The highest BCUT2D eigenvalue weighted by Crippen LogP contribution is 2.39. The number of rotatable bonds is 4. The number of nitro benzene ring substituents is 1. The van der Waals surface area contributed by atoms with Gasteiger partial charge in [0.25, 0.3) is 5.69 Å². The molecule has 0 N–H and O–H groups in total. The Morgan fingerprint density at radius 2 is 2.19 bits per heavy atom. The van der Waals surface area contributed by atoms with E-state index in [1.807, 2.05) is 11.2 Å². The molecule has 1 unspecified atom stereocenters. The van der Waals surface area contributed by atoms with Gasteiger partial charge in [-0.05, 0) is 31.2 Å². The first-order valence-electron chi connectivity index (χ1n) is 6.46. The van der Waals surface area contributed by atoms with Gasteiger partial charge in [-0.15, -0.1) is 0 Å². The van der Waals surface area contributed by atoms with Crippen LogP contribution in [0.15, 0.2) is 18.2 Å². The van der Waals surface area contributed by atoms with E-state index in [9.17, 15) is 23.3 Å². The van der Waals surface area contributed by atoms with E-state index in [2.05, 4.69) is 0 Å². The third kappa shape index (κ3) is 3.42. The molecule has 1 atom stereocenters. The monoisotopic (exact) mass is 320 g/mol. The average Bonchev–Trinajstić information content (AvgIpc) is 2.85. The molecule has 2 rings (SSSR count). The number of alkyl halides is 3. The zero-order valence-electron chi connectivity index (χ0n) is 11.4. The van der Waals surface area contributed by atoms with Gasteiger partial charge in [-0.25, -0.2) is 0 Å². The van der Waals surface area contributed by atoms with Crippen LogP contribution in [0, 0.1) is 10.1 Å². The van der Waals surface area contributed by atoms with Crippen molar-refractivity contribution in [2.75, 3.05) is 23.5 Å². The van der Waals surface area contributed by atoms with Crippen LogP contribution in [0.5, 0.6) is 0 Å². The number of benzene rings is 1. The topological polar surface area (TPSA) is 46.4 Å². The highest BCUT2D eigenvalue weighted by atomic mass is 32.2. The quantitative estimate of drug-likeness (QED) is 0.622. The number of nitro groups is 1. The van der Waals surface area contributed by atoms with Gasteiger partial charge in [0, 0.05) is 24.4 Å². The van der Waals surface area contributed by atoms with E-state index in [1.54, 1.807) is 11.8 Å². The van der Waals surface area contributed by atoms with Crippen LogP contribution < -0.4 is 4.90 Å². The minimum atomic E-state index is -4.58. The van der Waals surface area contributed by atoms with Crippen LogP contribution in [-0.4, -0.2) is 29.5 Å². The Bertz CT molecular complexity index is 537. The van der Waals surface area contributed by atoms with E-state index < -0.39 is 22.4 Å². The lowest BCUT2D eigenvalue weighted by Crippen LogP contribution is -2.31. The number of halogens is 3. The highest BCUT2D eigenvalue weighted by Gasteiger charge is 2.35. The standard InChI is InChI=1S/C13H15F3N2O2S/c1-21-8-10-3-2-6-17(10)11-5-4-9(13(14,15)16)7-12(11)18(19)20/h4-5,7,10H,2-3,6,8H2,1H3. The van der Waals surface area contributed by atoms with Gasteiger partial charge in [0.15, 0.2) is 0 Å². The predicted molar refractivity (Wildman–Crippen MR) is 76.8 cm³/mol. The molecule has 1 aliphatic heterocycles. The molecule has 0 amide bonds. The van der Waals surface area contributed by atoms with Crippen molar-refractivity contribution in [2.45, 2.75) is 25.1 Å². The van der Waals surface area contributed by atoms with Crippen LogP contribution in [-0.2, 0) is 6.18 Å². The summed E-state index contributed by atoms with van der Waals surface area (Å²) in [4.78, 5) is 12.2. The van der Waals surface area contributed by atoms with Crippen LogP contribution in [0.2, 0.25) is 0 Å². The number of hydrogen-bond donors (Lipinski definition) is 0. The van der Waals surface area contributed by atoms with Crippen molar-refractivity contribution in [1.82, 2.24) is 0 Å². The zero-order valence-corrected chi connectivity index (χ0v) is 12.2. The second kappa shape index (κ2) is 6.13. The van der Waals surface area contributed by atoms with Crippen molar-refractivity contribution in [3.63, 3.8) is 0 Å². The number of anilines is 1. The van der Waals surface area contributed by atoms with E-state index >= 15 is 0 Å². The molecule has 1 aliphatic rings. The Kier molecular flexibility index (Phi) is 4.65. The van der Waals surface area contributed by atoms with Gasteiger partial charge in [0.2, 0.25) is 0 Å². The first-order chi connectivity index (χ1) is 9.84. The van der Waals surface area contributed by atoms with Crippen molar-refractivity contribution in [1.29, 1.82) is 0 Å². The molecule has 1 fully saturated rings. The SMILES string of the molecule is CSCC1CCCN1c1ccc(C(F)(F)F)cc1[N+](=O)[O-]. The highest BCUT2D eigenvalue weighted by molar-refractivity contribution is 7.98. The molecule has 0 bridgehead atoms. The molecule has 1 aromatic rings. The molecule has 0 aromatic heterocycles. The fraction of sp³-hybridized carbons (Fsp3) is 0.538. The molecule has 0 saturated carbocycles. The van der Waals surface area contributed by atoms with E-state index in [-0.39, 0.29) is 11.7 Å². The number of hydrogen-bond acceptors (Lipinski definition) is 4. The van der Waals surface area contributed by atoms with Gasteiger partial charge in [-0.1, -0.05) is 0 Å². The van der Waals surface area contributed by atoms with Crippen LogP contribution >= 0.6 is 11.8 Å². The van der Waals surface area contributed by atoms with Gasteiger partial charge in [-0.3, -0.25) is 10.1 Å². The summed E-state index contributed by atoms with van der Waals surface area (Å²) in [6.07, 6.45) is -0.840. The van der Waals surface area contributed by atoms with Gasteiger partial charge in [0.1, 0.15) is 5.69 Å². The van der Waals surface area contributed by atoms with Crippen molar-refractivity contribution < 1.29 is 18.1 Å². The van der Waals surface area contributed by atoms with Crippen molar-refractivity contribution >= 4 is 23.1 Å². The van der Waals surface area contributed by atoms with E-state index in [0.717, 1.165) is 24.7 Å². The minimum absolute atomic E-state index is 0.135. The van der Waals surface area contributed by atoms with Crippen molar-refractivity contribution in [3.8, 4) is 0 Å². The average molecular weight is 320 g/mol. The molecular weight excluding hydrogens is 305 g/mol. The molecule has 1 aromatic carbocycles. The summed E-state index contributed by atoms with van der Waals surface area (Å²) in [5.41, 5.74) is -1.18. The summed E-state index contributed by atoms with van der Waals surface area (Å²) in [5.74, 6) is 0.804. The lowest BCUT2D eigenvalue weighted by Gasteiger charge is -2.26. The Morgan fingerprint density at radius 1 is 1.48 bits per heavy atom. The minimum Gasteiger partial charge on any atom is -0.362 e. The Balaban J connectivity index is 2.41. The predicted octanol–water partition coefficient (Wildman–Crippen LogP) is 3.95. The van der Waals surface area contributed by atoms with Crippen LogP contribution in [0.3, 0.4) is 0 Å². The fourth-order valence-electron chi connectivity index (χ4n) is 2.61. The third-order valence-electron chi connectivity index (χ3n) is 3.55. The zero-order chi connectivity index (χ0) is 15.6. The third-order valence-corrected chi connectivity index (χ3v) is 4.26. The van der Waals surface area contributed by atoms with Gasteiger partial charge in [-0.2, -0.15) is 24.9 Å². The van der Waals surface area contributed by atoms with Gasteiger partial charge in [0.05, 0.1) is 10.5 Å². The molecular formula is C13H15F3N2O2S. The molecule has 0 aliphatic carbocycles. The van der Waals surface area contributed by atoms with Gasteiger partial charge < -0.3 is 4.90 Å². The summed E-state index contributed by atoms with van der Waals surface area (Å²) < 4.78 is 38.1.